The number of nitrogens with zero attached hydrogens (tertiary/aromatic N) is 2. The molecule has 140 valence electrons. The van der Waals surface area contributed by atoms with E-state index in [1.807, 2.05) is 13.8 Å². The minimum Gasteiger partial charge on any atom is -0.365 e. The number of hydrogen-bond acceptors (Lipinski definition) is 5. The fourth-order valence-electron chi connectivity index (χ4n) is 3.14. The summed E-state index contributed by atoms with van der Waals surface area (Å²) in [7, 11) is -3.75. The van der Waals surface area contributed by atoms with Gasteiger partial charge in [-0.2, -0.15) is 4.31 Å². The van der Waals surface area contributed by atoms with Gasteiger partial charge < -0.3 is 10.6 Å². The largest absolute Gasteiger partial charge is 0.365 e. The Hall–Kier alpha value is -1.45. The maximum atomic E-state index is 13.0. The summed E-state index contributed by atoms with van der Waals surface area (Å²) in [6.45, 7) is 7.28. The Labute approximate surface area is 152 Å². The van der Waals surface area contributed by atoms with Gasteiger partial charge in [-0.1, -0.05) is 0 Å². The second-order valence-corrected chi connectivity index (χ2v) is 9.27. The van der Waals surface area contributed by atoms with E-state index in [0.717, 1.165) is 11.3 Å². The SMILES string of the molecule is CCN(CC)C(=O)C1CCCN(S(=O)(=O)c2cc(C(N)=O)sc2C)C1. The van der Waals surface area contributed by atoms with Crippen LogP contribution < -0.4 is 5.73 Å². The van der Waals surface area contributed by atoms with Gasteiger partial charge in [-0.15, -0.1) is 11.3 Å². The minimum absolute atomic E-state index is 0.00441. The number of amides is 2. The zero-order chi connectivity index (χ0) is 18.8. The van der Waals surface area contributed by atoms with Crippen molar-refractivity contribution in [3.8, 4) is 0 Å². The Kier molecular flexibility index (Phi) is 6.23. The van der Waals surface area contributed by atoms with Gasteiger partial charge in [0.05, 0.1) is 15.7 Å². The first-order chi connectivity index (χ1) is 11.7. The van der Waals surface area contributed by atoms with E-state index in [4.69, 9.17) is 5.73 Å². The Bertz CT molecular complexity index is 753. The molecule has 1 unspecified atom stereocenters. The van der Waals surface area contributed by atoms with Crippen LogP contribution in [0.3, 0.4) is 0 Å². The van der Waals surface area contributed by atoms with E-state index in [9.17, 15) is 18.0 Å². The molecule has 0 aliphatic carbocycles. The van der Waals surface area contributed by atoms with E-state index in [-0.39, 0.29) is 28.1 Å². The van der Waals surface area contributed by atoms with Crippen molar-refractivity contribution < 1.29 is 18.0 Å². The molecule has 7 nitrogen and oxygen atoms in total. The van der Waals surface area contributed by atoms with Crippen molar-refractivity contribution >= 4 is 33.2 Å². The highest BCUT2D eigenvalue weighted by Crippen LogP contribution is 2.31. The molecule has 1 fully saturated rings. The van der Waals surface area contributed by atoms with Crippen molar-refractivity contribution in [3.05, 3.63) is 15.8 Å². The van der Waals surface area contributed by atoms with Crippen molar-refractivity contribution in [1.82, 2.24) is 9.21 Å². The second kappa shape index (κ2) is 7.84. The van der Waals surface area contributed by atoms with Crippen LogP contribution in [0, 0.1) is 12.8 Å². The van der Waals surface area contributed by atoms with E-state index in [0.29, 0.717) is 37.4 Å². The molecule has 2 N–H and O–H groups in total. The minimum atomic E-state index is -3.75. The lowest BCUT2D eigenvalue weighted by atomic mass is 9.98. The Balaban J connectivity index is 2.25. The molecule has 0 spiro atoms. The Morgan fingerprint density at radius 2 is 2.00 bits per heavy atom. The number of rotatable bonds is 6. The van der Waals surface area contributed by atoms with Crippen LogP contribution in [-0.2, 0) is 14.8 Å². The van der Waals surface area contributed by atoms with Crippen LogP contribution >= 0.6 is 11.3 Å². The van der Waals surface area contributed by atoms with Crippen molar-refractivity contribution in [2.75, 3.05) is 26.2 Å². The third kappa shape index (κ3) is 4.04. The van der Waals surface area contributed by atoms with Gasteiger partial charge in [0.2, 0.25) is 15.9 Å². The third-order valence-corrected chi connectivity index (χ3v) is 7.73. The highest BCUT2D eigenvalue weighted by atomic mass is 32.2. The number of hydrogen-bond donors (Lipinski definition) is 1. The molecule has 0 saturated carbocycles. The normalized spacial score (nSPS) is 18.9. The molecule has 1 aromatic rings. The first-order valence-electron chi connectivity index (χ1n) is 8.41. The molecule has 2 amide bonds. The summed E-state index contributed by atoms with van der Waals surface area (Å²) in [4.78, 5) is 26.5. The van der Waals surface area contributed by atoms with Gasteiger partial charge in [0.25, 0.3) is 5.91 Å². The average Bonchev–Trinajstić information content (AvgIpc) is 2.99. The molecule has 0 aromatic carbocycles. The lowest BCUT2D eigenvalue weighted by Gasteiger charge is -2.33. The summed E-state index contributed by atoms with van der Waals surface area (Å²) in [6, 6.07) is 1.34. The van der Waals surface area contributed by atoms with Crippen LogP contribution in [0.1, 0.15) is 41.2 Å². The predicted octanol–water partition coefficient (Wildman–Crippen LogP) is 1.42. The molecule has 1 saturated heterocycles. The zero-order valence-corrected chi connectivity index (χ0v) is 16.5. The number of piperidine rings is 1. The lowest BCUT2D eigenvalue weighted by Crippen LogP contribution is -2.46. The van der Waals surface area contributed by atoms with Crippen LogP contribution in [0.2, 0.25) is 0 Å². The molecule has 0 radical (unpaired) electrons. The van der Waals surface area contributed by atoms with E-state index >= 15 is 0 Å². The van der Waals surface area contributed by atoms with Gasteiger partial charge in [0, 0.05) is 31.1 Å². The standard InChI is InChI=1S/C16H25N3O4S2/c1-4-18(5-2)16(21)12-7-6-8-19(10-12)25(22,23)14-9-13(15(17)20)24-11(14)3/h9,12H,4-8,10H2,1-3H3,(H2,17,20). The summed E-state index contributed by atoms with van der Waals surface area (Å²) >= 11 is 1.08. The molecule has 2 heterocycles. The summed E-state index contributed by atoms with van der Waals surface area (Å²) < 4.78 is 27.3. The van der Waals surface area contributed by atoms with Crippen LogP contribution in [0.5, 0.6) is 0 Å². The van der Waals surface area contributed by atoms with Crippen molar-refractivity contribution in [2.45, 2.75) is 38.5 Å². The number of carbonyl (C=O) groups is 2. The van der Waals surface area contributed by atoms with Gasteiger partial charge in [-0.3, -0.25) is 9.59 Å². The maximum absolute atomic E-state index is 13.0. The quantitative estimate of drug-likeness (QED) is 0.798. The van der Waals surface area contributed by atoms with Gasteiger partial charge in [0.15, 0.2) is 0 Å². The van der Waals surface area contributed by atoms with Gasteiger partial charge >= 0.3 is 0 Å². The highest BCUT2D eigenvalue weighted by Gasteiger charge is 2.36. The third-order valence-electron chi connectivity index (χ3n) is 4.54. The fourth-order valence-corrected chi connectivity index (χ4v) is 6.07. The van der Waals surface area contributed by atoms with Crippen LogP contribution in [0.4, 0.5) is 0 Å². The van der Waals surface area contributed by atoms with Crippen molar-refractivity contribution in [2.24, 2.45) is 11.7 Å². The summed E-state index contributed by atoms with van der Waals surface area (Å²) in [6.07, 6.45) is 1.33. The molecular weight excluding hydrogens is 362 g/mol. The molecule has 0 bridgehead atoms. The van der Waals surface area contributed by atoms with E-state index in [1.54, 1.807) is 11.8 Å². The van der Waals surface area contributed by atoms with E-state index < -0.39 is 15.9 Å². The maximum Gasteiger partial charge on any atom is 0.258 e. The van der Waals surface area contributed by atoms with Crippen molar-refractivity contribution in [1.29, 1.82) is 0 Å². The number of sulfonamides is 1. The lowest BCUT2D eigenvalue weighted by molar-refractivity contribution is -0.136. The molecular formula is C16H25N3O4S2. The number of aryl methyl sites for hydroxylation is 1. The smallest absolute Gasteiger partial charge is 0.258 e. The first-order valence-corrected chi connectivity index (χ1v) is 10.7. The molecule has 1 atom stereocenters. The van der Waals surface area contributed by atoms with Gasteiger partial charge in [0.1, 0.15) is 0 Å². The van der Waals surface area contributed by atoms with Crippen LogP contribution in [-0.4, -0.2) is 55.6 Å². The number of nitrogens with two attached hydrogens (primary N) is 1. The molecule has 1 aliphatic rings. The number of primary amides is 1. The van der Waals surface area contributed by atoms with Crippen molar-refractivity contribution in [3.63, 3.8) is 0 Å². The zero-order valence-electron chi connectivity index (χ0n) is 14.8. The van der Waals surface area contributed by atoms with E-state index in [1.165, 1.54) is 10.4 Å². The average molecular weight is 388 g/mol. The Morgan fingerprint density at radius 1 is 1.36 bits per heavy atom. The topological polar surface area (TPSA) is 101 Å². The fraction of sp³-hybridized carbons (Fsp3) is 0.625. The summed E-state index contributed by atoms with van der Waals surface area (Å²) in [5.41, 5.74) is 5.26. The molecule has 1 aromatic heterocycles. The molecule has 9 heteroatoms. The predicted molar refractivity (Wildman–Crippen MR) is 97.0 cm³/mol. The van der Waals surface area contributed by atoms with Gasteiger partial charge in [-0.25, -0.2) is 8.42 Å². The number of carbonyl (C=O) groups excluding carboxylic acids is 2. The van der Waals surface area contributed by atoms with E-state index in [2.05, 4.69) is 0 Å². The summed E-state index contributed by atoms with van der Waals surface area (Å²) in [5.74, 6) is -0.953. The van der Waals surface area contributed by atoms with Crippen LogP contribution in [0.15, 0.2) is 11.0 Å². The van der Waals surface area contributed by atoms with Crippen LogP contribution in [0.25, 0.3) is 0 Å². The monoisotopic (exact) mass is 387 g/mol. The summed E-state index contributed by atoms with van der Waals surface area (Å²) in [5, 5.41) is 0. The molecule has 2 rings (SSSR count). The Morgan fingerprint density at radius 3 is 2.52 bits per heavy atom. The second-order valence-electron chi connectivity index (χ2n) is 6.11. The molecule has 25 heavy (non-hydrogen) atoms. The highest BCUT2D eigenvalue weighted by molar-refractivity contribution is 7.89. The first kappa shape index (κ1) is 19.9. The number of thiophene rings is 1. The molecule has 1 aliphatic heterocycles. The van der Waals surface area contributed by atoms with Gasteiger partial charge in [-0.05, 0) is 39.7 Å².